The van der Waals surface area contributed by atoms with Crippen LogP contribution >= 0.6 is 0 Å². The summed E-state index contributed by atoms with van der Waals surface area (Å²) in [7, 11) is 0. The highest BCUT2D eigenvalue weighted by atomic mass is 19.4. The molecule has 0 radical (unpaired) electrons. The zero-order chi connectivity index (χ0) is 17.0. The number of alkyl halides is 5. The highest BCUT2D eigenvalue weighted by Gasteiger charge is 2.32. The topological polar surface area (TPSA) is 35.5 Å². The highest BCUT2D eigenvalue weighted by Crippen LogP contribution is 2.39. The van der Waals surface area contributed by atoms with Crippen LogP contribution in [0.15, 0.2) is 42.5 Å². The van der Waals surface area contributed by atoms with Crippen LogP contribution in [0.5, 0.6) is 11.5 Å². The molecule has 2 aromatic carbocycles. The van der Waals surface area contributed by atoms with E-state index in [4.69, 9.17) is 0 Å². The second kappa shape index (κ2) is 6.64. The van der Waals surface area contributed by atoms with E-state index in [2.05, 4.69) is 9.47 Å². The first-order valence-electron chi connectivity index (χ1n) is 6.19. The Morgan fingerprint density at radius 2 is 1.65 bits per heavy atom. The minimum atomic E-state index is -4.96. The Bertz CT molecular complexity index is 698. The van der Waals surface area contributed by atoms with Crippen LogP contribution in [0.4, 0.5) is 22.0 Å². The van der Waals surface area contributed by atoms with Gasteiger partial charge in [-0.05, 0) is 24.3 Å². The van der Waals surface area contributed by atoms with Gasteiger partial charge >= 0.3 is 13.0 Å². The Labute approximate surface area is 127 Å². The predicted octanol–water partition coefficient (Wildman–Crippen LogP) is 4.67. The summed E-state index contributed by atoms with van der Waals surface area (Å²) >= 11 is 0. The van der Waals surface area contributed by atoms with Gasteiger partial charge in [0.25, 0.3) is 0 Å². The first kappa shape index (κ1) is 16.7. The Kier molecular flexibility index (Phi) is 4.83. The van der Waals surface area contributed by atoms with E-state index in [1.165, 1.54) is 24.3 Å². The average Bonchev–Trinajstić information content (AvgIpc) is 2.46. The van der Waals surface area contributed by atoms with Gasteiger partial charge in [0.2, 0.25) is 0 Å². The maximum absolute atomic E-state index is 12.5. The molecule has 8 heteroatoms. The molecule has 0 N–H and O–H groups in total. The van der Waals surface area contributed by atoms with Crippen LogP contribution in [-0.4, -0.2) is 19.3 Å². The summed E-state index contributed by atoms with van der Waals surface area (Å²) < 4.78 is 70.5. The first-order chi connectivity index (χ1) is 10.8. The molecule has 0 aromatic heterocycles. The minimum Gasteiger partial charge on any atom is -0.434 e. The summed E-state index contributed by atoms with van der Waals surface area (Å²) in [6.07, 6.45) is -4.52. The number of hydrogen-bond donors (Lipinski definition) is 0. The van der Waals surface area contributed by atoms with Gasteiger partial charge in [0.15, 0.2) is 0 Å². The molecule has 0 aliphatic rings. The van der Waals surface area contributed by atoms with Gasteiger partial charge in [-0.1, -0.05) is 18.2 Å². The molecule has 0 saturated carbocycles. The van der Waals surface area contributed by atoms with Crippen molar-refractivity contribution in [1.29, 1.82) is 0 Å². The van der Waals surface area contributed by atoms with Crippen LogP contribution in [-0.2, 0) is 0 Å². The average molecular weight is 332 g/mol. The third-order valence-corrected chi connectivity index (χ3v) is 2.76. The second-order valence-corrected chi connectivity index (χ2v) is 4.30. The van der Waals surface area contributed by atoms with Crippen molar-refractivity contribution in [3.63, 3.8) is 0 Å². The van der Waals surface area contributed by atoms with Crippen LogP contribution < -0.4 is 9.47 Å². The summed E-state index contributed by atoms with van der Waals surface area (Å²) in [5.74, 6) is -0.967. The summed E-state index contributed by atoms with van der Waals surface area (Å²) in [5, 5.41) is 0. The van der Waals surface area contributed by atoms with Crippen molar-refractivity contribution < 1.29 is 36.2 Å². The van der Waals surface area contributed by atoms with Gasteiger partial charge in [-0.3, -0.25) is 4.79 Å². The fourth-order valence-electron chi connectivity index (χ4n) is 1.93. The molecule has 23 heavy (non-hydrogen) atoms. The Morgan fingerprint density at radius 3 is 2.26 bits per heavy atom. The second-order valence-electron chi connectivity index (χ2n) is 4.30. The Balaban J connectivity index is 2.58. The van der Waals surface area contributed by atoms with Gasteiger partial charge in [0.1, 0.15) is 17.8 Å². The number of hydrogen-bond acceptors (Lipinski definition) is 3. The van der Waals surface area contributed by atoms with Crippen molar-refractivity contribution >= 4 is 6.29 Å². The lowest BCUT2D eigenvalue weighted by Gasteiger charge is -2.16. The Morgan fingerprint density at radius 1 is 0.957 bits per heavy atom. The van der Waals surface area contributed by atoms with Crippen molar-refractivity contribution in [1.82, 2.24) is 0 Å². The van der Waals surface area contributed by atoms with E-state index in [-0.39, 0.29) is 22.4 Å². The lowest BCUT2D eigenvalue weighted by atomic mass is 10.0. The van der Waals surface area contributed by atoms with Crippen LogP contribution in [0.1, 0.15) is 10.4 Å². The molecule has 0 heterocycles. The minimum absolute atomic E-state index is 0.0865. The third kappa shape index (κ3) is 4.41. The molecule has 0 aliphatic carbocycles. The molecule has 122 valence electrons. The van der Waals surface area contributed by atoms with E-state index in [0.717, 1.165) is 18.2 Å². The van der Waals surface area contributed by atoms with E-state index in [9.17, 15) is 26.7 Å². The smallest absolute Gasteiger partial charge is 0.434 e. The molecule has 2 rings (SSSR count). The van der Waals surface area contributed by atoms with Crippen LogP contribution in [0.3, 0.4) is 0 Å². The molecular weight excluding hydrogens is 323 g/mol. The molecule has 3 nitrogen and oxygen atoms in total. The zero-order valence-electron chi connectivity index (χ0n) is 11.3. The van der Waals surface area contributed by atoms with Crippen molar-refractivity contribution in [2.45, 2.75) is 13.0 Å². The zero-order valence-corrected chi connectivity index (χ0v) is 11.3. The third-order valence-electron chi connectivity index (χ3n) is 2.76. The maximum atomic E-state index is 12.5. The van der Waals surface area contributed by atoms with Crippen molar-refractivity contribution in [2.24, 2.45) is 0 Å². The fraction of sp³-hybridized carbons (Fsp3) is 0.133. The number of ether oxygens (including phenoxy) is 2. The molecule has 0 amide bonds. The summed E-state index contributed by atoms with van der Waals surface area (Å²) in [6.45, 7) is -3.17. The molecule has 0 spiro atoms. The summed E-state index contributed by atoms with van der Waals surface area (Å²) in [5.41, 5.74) is -0.164. The maximum Gasteiger partial charge on any atom is 0.573 e. The first-order valence-corrected chi connectivity index (χ1v) is 6.19. The van der Waals surface area contributed by atoms with E-state index in [0.29, 0.717) is 6.29 Å². The van der Waals surface area contributed by atoms with E-state index in [1.54, 1.807) is 0 Å². The number of carbonyl (C=O) groups excluding carboxylic acids is 1. The van der Waals surface area contributed by atoms with Crippen LogP contribution in [0, 0.1) is 0 Å². The standard InChI is InChI=1S/C15H9F5O3/c16-14(17)22-12-6-5-9(8-21)7-11(12)10-3-1-2-4-13(10)23-15(18,19)20/h1-8,14H. The molecule has 0 aliphatic heterocycles. The Hall–Kier alpha value is -2.64. The fourth-order valence-corrected chi connectivity index (χ4v) is 1.93. The summed E-state index contributed by atoms with van der Waals surface area (Å²) in [6, 6.07) is 8.40. The highest BCUT2D eigenvalue weighted by molar-refractivity contribution is 5.83. The molecule has 0 fully saturated rings. The molecule has 0 bridgehead atoms. The molecule has 0 saturated heterocycles. The van der Waals surface area contributed by atoms with E-state index >= 15 is 0 Å². The van der Waals surface area contributed by atoms with Crippen molar-refractivity contribution in [3.05, 3.63) is 48.0 Å². The van der Waals surface area contributed by atoms with Gasteiger partial charge in [-0.2, -0.15) is 8.78 Å². The van der Waals surface area contributed by atoms with Crippen molar-refractivity contribution in [2.75, 3.05) is 0 Å². The van der Waals surface area contributed by atoms with Gasteiger partial charge < -0.3 is 9.47 Å². The van der Waals surface area contributed by atoms with Crippen molar-refractivity contribution in [3.8, 4) is 22.6 Å². The number of para-hydroxylation sites is 1. The number of aldehydes is 1. The van der Waals surface area contributed by atoms with E-state index in [1.807, 2.05) is 0 Å². The largest absolute Gasteiger partial charge is 0.573 e. The normalized spacial score (nSPS) is 11.4. The quantitative estimate of drug-likeness (QED) is 0.590. The van der Waals surface area contributed by atoms with Gasteiger partial charge in [-0.25, -0.2) is 0 Å². The lowest BCUT2D eigenvalue weighted by Crippen LogP contribution is -2.17. The number of carbonyl (C=O) groups is 1. The van der Waals surface area contributed by atoms with Gasteiger partial charge in [0, 0.05) is 16.7 Å². The van der Waals surface area contributed by atoms with Gasteiger partial charge in [0.05, 0.1) is 0 Å². The monoisotopic (exact) mass is 332 g/mol. The SMILES string of the molecule is O=Cc1ccc(OC(F)F)c(-c2ccccc2OC(F)(F)F)c1. The number of halogens is 5. The van der Waals surface area contributed by atoms with E-state index < -0.39 is 18.7 Å². The van der Waals surface area contributed by atoms with Gasteiger partial charge in [-0.15, -0.1) is 13.2 Å². The van der Waals surface area contributed by atoms with Crippen LogP contribution in [0.2, 0.25) is 0 Å². The lowest BCUT2D eigenvalue weighted by molar-refractivity contribution is -0.274. The summed E-state index contributed by atoms with van der Waals surface area (Å²) in [4.78, 5) is 10.8. The molecule has 0 atom stereocenters. The van der Waals surface area contributed by atoms with Crippen LogP contribution in [0.25, 0.3) is 11.1 Å². The predicted molar refractivity (Wildman–Crippen MR) is 70.6 cm³/mol. The number of benzene rings is 2. The molecule has 2 aromatic rings. The molecule has 0 unspecified atom stereocenters. The molecular formula is C15H9F5O3. The number of rotatable bonds is 5.